The number of nitrogens with zero attached hydrogens (tertiary/aromatic N) is 2. The van der Waals surface area contributed by atoms with E-state index >= 15 is 0 Å². The molecule has 0 N–H and O–H groups in total. The van der Waals surface area contributed by atoms with E-state index in [2.05, 4.69) is 0 Å². The Kier molecular flexibility index (Phi) is 5.13. The van der Waals surface area contributed by atoms with Gasteiger partial charge in [0.25, 0.3) is 11.8 Å². The van der Waals surface area contributed by atoms with Crippen molar-refractivity contribution in [1.29, 1.82) is 0 Å². The van der Waals surface area contributed by atoms with Crippen molar-refractivity contribution in [2.45, 2.75) is 0 Å². The lowest BCUT2D eigenvalue weighted by molar-refractivity contribution is 0.0984. The van der Waals surface area contributed by atoms with E-state index in [-0.39, 0.29) is 11.8 Å². The van der Waals surface area contributed by atoms with Gasteiger partial charge in [-0.15, -0.1) is 0 Å². The predicted octanol–water partition coefficient (Wildman–Crippen LogP) is 4.24. The fraction of sp³-hybridized carbons (Fsp3) is 0.0909. The first-order valence-electron chi connectivity index (χ1n) is 8.34. The van der Waals surface area contributed by atoms with Crippen molar-refractivity contribution in [2.24, 2.45) is 0 Å². The van der Waals surface area contributed by atoms with Crippen LogP contribution in [-0.4, -0.2) is 25.9 Å². The Morgan fingerprint density at radius 2 is 0.846 bits per heavy atom. The van der Waals surface area contributed by atoms with Crippen LogP contribution >= 0.6 is 0 Å². The van der Waals surface area contributed by atoms with Crippen molar-refractivity contribution in [2.75, 3.05) is 23.9 Å². The highest BCUT2D eigenvalue weighted by molar-refractivity contribution is 6.07. The van der Waals surface area contributed by atoms with Gasteiger partial charge in [0.1, 0.15) is 0 Å². The quantitative estimate of drug-likeness (QED) is 0.710. The maximum atomic E-state index is 12.5. The molecule has 0 radical (unpaired) electrons. The van der Waals surface area contributed by atoms with Crippen LogP contribution in [-0.2, 0) is 0 Å². The maximum Gasteiger partial charge on any atom is 0.258 e. The number of hydrogen-bond acceptors (Lipinski definition) is 2. The molecule has 0 saturated heterocycles. The molecule has 0 aliphatic heterocycles. The summed E-state index contributed by atoms with van der Waals surface area (Å²) in [7, 11) is 3.48. The molecule has 4 heteroatoms. The molecule has 0 aromatic heterocycles. The molecule has 3 aromatic carbocycles. The van der Waals surface area contributed by atoms with Crippen molar-refractivity contribution in [3.8, 4) is 0 Å². The minimum absolute atomic E-state index is 0.0768. The summed E-state index contributed by atoms with van der Waals surface area (Å²) in [6.45, 7) is 0. The van der Waals surface area contributed by atoms with Crippen LogP contribution in [0.5, 0.6) is 0 Å². The second-order valence-corrected chi connectivity index (χ2v) is 5.98. The number of benzene rings is 3. The molecule has 0 fully saturated rings. The second kappa shape index (κ2) is 7.66. The maximum absolute atomic E-state index is 12.5. The average molecular weight is 344 g/mol. The Morgan fingerprint density at radius 1 is 0.538 bits per heavy atom. The SMILES string of the molecule is CN(C(=O)c1ccccc1)c1ccc(N(C)C(=O)c2ccccc2)cc1. The van der Waals surface area contributed by atoms with E-state index < -0.39 is 0 Å². The molecule has 0 aliphatic rings. The fourth-order valence-corrected chi connectivity index (χ4v) is 2.68. The van der Waals surface area contributed by atoms with E-state index in [9.17, 15) is 9.59 Å². The van der Waals surface area contributed by atoms with Crippen molar-refractivity contribution >= 4 is 23.2 Å². The summed E-state index contributed by atoms with van der Waals surface area (Å²) in [5.41, 5.74) is 2.80. The monoisotopic (exact) mass is 344 g/mol. The topological polar surface area (TPSA) is 40.6 Å². The first-order valence-corrected chi connectivity index (χ1v) is 8.34. The van der Waals surface area contributed by atoms with Gasteiger partial charge in [-0.2, -0.15) is 0 Å². The molecule has 26 heavy (non-hydrogen) atoms. The number of anilines is 2. The summed E-state index contributed by atoms with van der Waals surface area (Å²) in [6.07, 6.45) is 0. The van der Waals surface area contributed by atoms with Crippen molar-refractivity contribution < 1.29 is 9.59 Å². The third-order valence-electron chi connectivity index (χ3n) is 4.28. The molecule has 0 spiro atoms. The van der Waals surface area contributed by atoms with E-state index in [0.29, 0.717) is 11.1 Å². The molecule has 0 saturated carbocycles. The zero-order valence-corrected chi connectivity index (χ0v) is 14.8. The largest absolute Gasteiger partial charge is 0.311 e. The van der Waals surface area contributed by atoms with Gasteiger partial charge in [-0.1, -0.05) is 36.4 Å². The van der Waals surface area contributed by atoms with E-state index in [0.717, 1.165) is 11.4 Å². The van der Waals surface area contributed by atoms with Crippen LogP contribution in [0.3, 0.4) is 0 Å². The van der Waals surface area contributed by atoms with Crippen LogP contribution in [0.15, 0.2) is 84.9 Å². The van der Waals surface area contributed by atoms with E-state index in [4.69, 9.17) is 0 Å². The molecular weight excluding hydrogens is 324 g/mol. The lowest BCUT2D eigenvalue weighted by atomic mass is 10.1. The standard InChI is InChI=1S/C22H20N2O2/c1-23(21(25)17-9-5-3-6-10-17)19-13-15-20(16-14-19)24(2)22(26)18-11-7-4-8-12-18/h3-16H,1-2H3. The Hall–Kier alpha value is -3.40. The summed E-state index contributed by atoms with van der Waals surface area (Å²) in [5, 5.41) is 0. The zero-order chi connectivity index (χ0) is 18.5. The highest BCUT2D eigenvalue weighted by Crippen LogP contribution is 2.22. The number of carbonyl (C=O) groups is 2. The van der Waals surface area contributed by atoms with E-state index in [1.165, 1.54) is 0 Å². The van der Waals surface area contributed by atoms with Crippen molar-refractivity contribution in [3.63, 3.8) is 0 Å². The molecule has 0 bridgehead atoms. The summed E-state index contributed by atoms with van der Waals surface area (Å²) in [4.78, 5) is 28.2. The normalized spacial score (nSPS) is 10.2. The summed E-state index contributed by atoms with van der Waals surface area (Å²) < 4.78 is 0. The van der Waals surface area contributed by atoms with Gasteiger partial charge in [0, 0.05) is 36.6 Å². The Morgan fingerprint density at radius 3 is 1.15 bits per heavy atom. The Labute approximate surface area is 153 Å². The lowest BCUT2D eigenvalue weighted by Crippen LogP contribution is -2.27. The molecule has 3 aromatic rings. The van der Waals surface area contributed by atoms with Gasteiger partial charge in [0.05, 0.1) is 0 Å². The lowest BCUT2D eigenvalue weighted by Gasteiger charge is -2.21. The van der Waals surface area contributed by atoms with Crippen molar-refractivity contribution in [1.82, 2.24) is 0 Å². The third kappa shape index (κ3) is 3.64. The predicted molar refractivity (Wildman–Crippen MR) is 105 cm³/mol. The number of rotatable bonds is 4. The number of amides is 2. The van der Waals surface area contributed by atoms with E-state index in [1.807, 2.05) is 60.7 Å². The van der Waals surface area contributed by atoms with Crippen LogP contribution in [0.2, 0.25) is 0 Å². The molecule has 0 aliphatic carbocycles. The molecule has 0 atom stereocenters. The number of carbonyl (C=O) groups excluding carboxylic acids is 2. The van der Waals surface area contributed by atoms with Crippen molar-refractivity contribution in [3.05, 3.63) is 96.1 Å². The fourth-order valence-electron chi connectivity index (χ4n) is 2.68. The van der Waals surface area contributed by atoms with Gasteiger partial charge in [0.2, 0.25) is 0 Å². The first-order chi connectivity index (χ1) is 12.6. The Bertz CT molecular complexity index is 814. The van der Waals surface area contributed by atoms with Crippen LogP contribution in [0, 0.1) is 0 Å². The summed E-state index contributed by atoms with van der Waals surface area (Å²) >= 11 is 0. The third-order valence-corrected chi connectivity index (χ3v) is 4.28. The van der Waals surface area contributed by atoms with Gasteiger partial charge in [0.15, 0.2) is 0 Å². The van der Waals surface area contributed by atoms with Gasteiger partial charge in [-0.05, 0) is 48.5 Å². The van der Waals surface area contributed by atoms with E-state index in [1.54, 1.807) is 48.2 Å². The molecule has 130 valence electrons. The van der Waals surface area contributed by atoms with Gasteiger partial charge in [-0.25, -0.2) is 0 Å². The highest BCUT2D eigenvalue weighted by Gasteiger charge is 2.15. The minimum atomic E-state index is -0.0768. The summed E-state index contributed by atoms with van der Waals surface area (Å²) in [5.74, 6) is -0.154. The molecule has 0 unspecified atom stereocenters. The summed E-state index contributed by atoms with van der Waals surface area (Å²) in [6, 6.07) is 25.6. The molecule has 2 amide bonds. The van der Waals surface area contributed by atoms with Gasteiger partial charge < -0.3 is 9.80 Å². The zero-order valence-electron chi connectivity index (χ0n) is 14.8. The minimum Gasteiger partial charge on any atom is -0.311 e. The molecule has 3 rings (SSSR count). The number of hydrogen-bond donors (Lipinski definition) is 0. The van der Waals surface area contributed by atoms with Crippen LogP contribution in [0.25, 0.3) is 0 Å². The van der Waals surface area contributed by atoms with Gasteiger partial charge >= 0.3 is 0 Å². The van der Waals surface area contributed by atoms with Crippen LogP contribution < -0.4 is 9.80 Å². The first kappa shape index (κ1) is 17.4. The second-order valence-electron chi connectivity index (χ2n) is 5.98. The molecule has 0 heterocycles. The van der Waals surface area contributed by atoms with Crippen LogP contribution in [0.1, 0.15) is 20.7 Å². The Balaban J connectivity index is 1.76. The molecule has 4 nitrogen and oxygen atoms in total. The van der Waals surface area contributed by atoms with Crippen LogP contribution in [0.4, 0.5) is 11.4 Å². The highest BCUT2D eigenvalue weighted by atomic mass is 16.2. The van der Waals surface area contributed by atoms with Gasteiger partial charge in [-0.3, -0.25) is 9.59 Å². The average Bonchev–Trinajstić information content (AvgIpc) is 2.73. The smallest absolute Gasteiger partial charge is 0.258 e. The molecular formula is C22H20N2O2.